The topological polar surface area (TPSA) is 74.5 Å². The summed E-state index contributed by atoms with van der Waals surface area (Å²) in [6.07, 6.45) is 2.91. The minimum absolute atomic E-state index is 0.108. The summed E-state index contributed by atoms with van der Waals surface area (Å²) >= 11 is 0. The van der Waals surface area contributed by atoms with Crippen LogP contribution < -0.4 is 5.32 Å². The van der Waals surface area contributed by atoms with Crippen molar-refractivity contribution in [2.75, 3.05) is 39.3 Å². The highest BCUT2D eigenvalue weighted by Gasteiger charge is 2.31. The second-order valence-corrected chi connectivity index (χ2v) is 6.48. The summed E-state index contributed by atoms with van der Waals surface area (Å²) in [7, 11) is 0. The van der Waals surface area contributed by atoms with Crippen LogP contribution in [0.3, 0.4) is 0 Å². The van der Waals surface area contributed by atoms with Gasteiger partial charge in [0.05, 0.1) is 12.0 Å². The Kier molecular flexibility index (Phi) is 5.27. The van der Waals surface area contributed by atoms with E-state index in [-0.39, 0.29) is 12.0 Å². The van der Waals surface area contributed by atoms with Crippen molar-refractivity contribution < 1.29 is 9.32 Å². The molecule has 1 aromatic heterocycles. The molecule has 0 bridgehead atoms. The molecule has 0 radical (unpaired) electrons. The van der Waals surface area contributed by atoms with Crippen LogP contribution in [0, 0.1) is 5.92 Å². The minimum atomic E-state index is 0.108. The van der Waals surface area contributed by atoms with E-state index in [1.165, 1.54) is 0 Å². The Bertz CT molecular complexity index is 518. The van der Waals surface area contributed by atoms with Gasteiger partial charge < -0.3 is 14.7 Å². The fourth-order valence-electron chi connectivity index (χ4n) is 3.39. The van der Waals surface area contributed by atoms with Crippen LogP contribution in [0.1, 0.15) is 44.4 Å². The summed E-state index contributed by atoms with van der Waals surface area (Å²) < 4.78 is 5.35. The lowest BCUT2D eigenvalue weighted by atomic mass is 9.98. The maximum atomic E-state index is 12.6. The number of carbonyl (C=O) groups excluding carboxylic acids is 1. The highest BCUT2D eigenvalue weighted by atomic mass is 16.5. The Hall–Kier alpha value is -1.47. The van der Waals surface area contributed by atoms with Gasteiger partial charge >= 0.3 is 0 Å². The number of nitrogens with one attached hydrogen (secondary N) is 1. The molecule has 2 unspecified atom stereocenters. The summed E-state index contributed by atoms with van der Waals surface area (Å²) in [6.45, 7) is 9.27. The number of amides is 1. The summed E-state index contributed by atoms with van der Waals surface area (Å²) in [4.78, 5) is 21.3. The molecule has 3 rings (SSSR count). The first kappa shape index (κ1) is 16.4. The average Bonchev–Trinajstić information content (AvgIpc) is 3.10. The first-order chi connectivity index (χ1) is 11.2. The van der Waals surface area contributed by atoms with E-state index in [4.69, 9.17) is 4.52 Å². The van der Waals surface area contributed by atoms with Gasteiger partial charge in [0.2, 0.25) is 11.8 Å². The fraction of sp³-hybridized carbons (Fsp3) is 0.812. The van der Waals surface area contributed by atoms with Crippen LogP contribution in [0.4, 0.5) is 0 Å². The third kappa shape index (κ3) is 3.72. The molecule has 3 heterocycles. The summed E-state index contributed by atoms with van der Waals surface area (Å²) in [5.74, 6) is 1.91. The number of rotatable bonds is 4. The average molecular weight is 321 g/mol. The zero-order valence-electron chi connectivity index (χ0n) is 14.1. The number of nitrogens with zero attached hydrogens (tertiary/aromatic N) is 4. The molecular formula is C16H27N5O2. The van der Waals surface area contributed by atoms with Crippen LogP contribution in [0.5, 0.6) is 0 Å². The van der Waals surface area contributed by atoms with Gasteiger partial charge in [-0.2, -0.15) is 4.98 Å². The molecule has 2 aliphatic rings. The van der Waals surface area contributed by atoms with Crippen molar-refractivity contribution in [2.45, 2.75) is 39.2 Å². The second kappa shape index (κ2) is 7.40. The first-order valence-corrected chi connectivity index (χ1v) is 8.75. The molecule has 2 atom stereocenters. The summed E-state index contributed by atoms with van der Waals surface area (Å²) in [5, 5.41) is 7.30. The number of aromatic nitrogens is 2. The second-order valence-electron chi connectivity index (χ2n) is 6.48. The van der Waals surface area contributed by atoms with E-state index >= 15 is 0 Å². The zero-order valence-corrected chi connectivity index (χ0v) is 14.1. The molecule has 128 valence electrons. The Labute approximate surface area is 137 Å². The first-order valence-electron chi connectivity index (χ1n) is 8.75. The largest absolute Gasteiger partial charge is 0.340 e. The highest BCUT2D eigenvalue weighted by molar-refractivity contribution is 5.79. The van der Waals surface area contributed by atoms with Gasteiger partial charge in [-0.3, -0.25) is 9.69 Å². The molecule has 2 saturated heterocycles. The molecule has 0 aliphatic carbocycles. The molecule has 1 amide bonds. The van der Waals surface area contributed by atoms with Gasteiger partial charge in [0, 0.05) is 39.1 Å². The smallest absolute Gasteiger partial charge is 0.243 e. The standard InChI is InChI=1S/C16H27N5O2/c1-3-14-18-15(23-19-14)12(2)20-7-9-21(10-8-20)16(22)13-5-4-6-17-11-13/h12-13,17H,3-11H2,1-2H3. The van der Waals surface area contributed by atoms with Gasteiger partial charge in [0.15, 0.2) is 5.82 Å². The van der Waals surface area contributed by atoms with Crippen molar-refractivity contribution in [3.8, 4) is 0 Å². The normalized spacial score (nSPS) is 24.6. The molecule has 1 N–H and O–H groups in total. The number of piperidine rings is 1. The highest BCUT2D eigenvalue weighted by Crippen LogP contribution is 2.21. The maximum absolute atomic E-state index is 12.6. The van der Waals surface area contributed by atoms with Crippen molar-refractivity contribution in [1.82, 2.24) is 25.3 Å². The molecule has 1 aromatic rings. The van der Waals surface area contributed by atoms with Crippen molar-refractivity contribution in [3.63, 3.8) is 0 Å². The number of hydrogen-bond donors (Lipinski definition) is 1. The molecular weight excluding hydrogens is 294 g/mol. The van der Waals surface area contributed by atoms with Gasteiger partial charge in [0.25, 0.3) is 0 Å². The van der Waals surface area contributed by atoms with Crippen LogP contribution >= 0.6 is 0 Å². The van der Waals surface area contributed by atoms with E-state index in [0.29, 0.717) is 11.8 Å². The lowest BCUT2D eigenvalue weighted by Crippen LogP contribution is -2.52. The number of piperazine rings is 1. The quantitative estimate of drug-likeness (QED) is 0.886. The van der Waals surface area contributed by atoms with E-state index in [2.05, 4.69) is 27.3 Å². The Balaban J connectivity index is 1.52. The molecule has 7 nitrogen and oxygen atoms in total. The lowest BCUT2D eigenvalue weighted by molar-refractivity contribution is -0.138. The number of hydrogen-bond acceptors (Lipinski definition) is 6. The summed E-state index contributed by atoms with van der Waals surface area (Å²) in [5.41, 5.74) is 0. The number of aryl methyl sites for hydroxylation is 1. The third-order valence-electron chi connectivity index (χ3n) is 4.98. The van der Waals surface area contributed by atoms with Gasteiger partial charge in [-0.25, -0.2) is 0 Å². The van der Waals surface area contributed by atoms with Crippen molar-refractivity contribution >= 4 is 5.91 Å². The van der Waals surface area contributed by atoms with E-state index < -0.39 is 0 Å². The monoisotopic (exact) mass is 321 g/mol. The lowest BCUT2D eigenvalue weighted by Gasteiger charge is -2.38. The Morgan fingerprint density at radius 2 is 2.17 bits per heavy atom. The van der Waals surface area contributed by atoms with Crippen LogP contribution in [0.15, 0.2) is 4.52 Å². The fourth-order valence-corrected chi connectivity index (χ4v) is 3.39. The Morgan fingerprint density at radius 1 is 1.39 bits per heavy atom. The predicted molar refractivity (Wildman–Crippen MR) is 85.8 cm³/mol. The number of carbonyl (C=O) groups is 1. The summed E-state index contributed by atoms with van der Waals surface area (Å²) in [6, 6.07) is 0.108. The van der Waals surface area contributed by atoms with Gasteiger partial charge in [0.1, 0.15) is 0 Å². The van der Waals surface area contributed by atoms with E-state index in [1.54, 1.807) is 0 Å². The minimum Gasteiger partial charge on any atom is -0.340 e. The molecule has 0 spiro atoms. The zero-order chi connectivity index (χ0) is 16.2. The van der Waals surface area contributed by atoms with E-state index in [0.717, 1.165) is 64.4 Å². The van der Waals surface area contributed by atoms with Crippen LogP contribution in [-0.4, -0.2) is 65.1 Å². The van der Waals surface area contributed by atoms with Crippen LogP contribution in [-0.2, 0) is 11.2 Å². The van der Waals surface area contributed by atoms with Gasteiger partial charge in [-0.05, 0) is 26.3 Å². The van der Waals surface area contributed by atoms with Gasteiger partial charge in [-0.1, -0.05) is 12.1 Å². The van der Waals surface area contributed by atoms with Crippen molar-refractivity contribution in [1.29, 1.82) is 0 Å². The van der Waals surface area contributed by atoms with Crippen LogP contribution in [0.25, 0.3) is 0 Å². The molecule has 7 heteroatoms. The predicted octanol–water partition coefficient (Wildman–Crippen LogP) is 0.837. The molecule has 0 aromatic carbocycles. The van der Waals surface area contributed by atoms with Gasteiger partial charge in [-0.15, -0.1) is 0 Å². The van der Waals surface area contributed by atoms with Crippen molar-refractivity contribution in [2.24, 2.45) is 5.92 Å². The molecule has 2 fully saturated rings. The molecule has 2 aliphatic heterocycles. The van der Waals surface area contributed by atoms with Crippen molar-refractivity contribution in [3.05, 3.63) is 11.7 Å². The van der Waals surface area contributed by atoms with E-state index in [1.807, 2.05) is 11.8 Å². The third-order valence-corrected chi connectivity index (χ3v) is 4.98. The molecule has 0 saturated carbocycles. The molecule has 23 heavy (non-hydrogen) atoms. The Morgan fingerprint density at radius 3 is 2.78 bits per heavy atom. The maximum Gasteiger partial charge on any atom is 0.243 e. The van der Waals surface area contributed by atoms with E-state index in [9.17, 15) is 4.79 Å². The SMILES string of the molecule is CCc1noc(C(C)N2CCN(C(=O)C3CCCNC3)CC2)n1. The van der Waals surface area contributed by atoms with Crippen LogP contribution in [0.2, 0.25) is 0 Å².